The number of alkyl halides is 6. The summed E-state index contributed by atoms with van der Waals surface area (Å²) in [6, 6.07) is 11.0. The van der Waals surface area contributed by atoms with Crippen LogP contribution in [0.4, 0.5) is 32.2 Å². The first-order valence-electron chi connectivity index (χ1n) is 14.9. The van der Waals surface area contributed by atoms with Crippen LogP contribution < -0.4 is 5.32 Å². The van der Waals surface area contributed by atoms with Gasteiger partial charge in [-0.1, -0.05) is 54.6 Å². The zero-order valence-electron chi connectivity index (χ0n) is 25.6. The molecule has 0 spiro atoms. The Morgan fingerprint density at radius 2 is 1.65 bits per heavy atom. The summed E-state index contributed by atoms with van der Waals surface area (Å²) in [5.41, 5.74) is -2.80. The number of aromatic nitrogens is 3. The Morgan fingerprint density at radius 3 is 2.31 bits per heavy atom. The van der Waals surface area contributed by atoms with E-state index in [1.54, 1.807) is 36.4 Å². The van der Waals surface area contributed by atoms with Crippen LogP contribution in [0.1, 0.15) is 45.2 Å². The first kappa shape index (κ1) is 34.4. The van der Waals surface area contributed by atoms with Crippen molar-refractivity contribution in [3.63, 3.8) is 0 Å². The SMILES string of the molecule is Cc1c(C2C=CC=CC2(Nc2cc(CN3CCN(C(=O)CC(F)(F)F)CC3)ccn2)C(=O)C(=O)c2ccccc2)ncnc1C(F)(F)F. The third kappa shape index (κ3) is 7.62. The van der Waals surface area contributed by atoms with Gasteiger partial charge in [0.2, 0.25) is 17.5 Å². The first-order valence-corrected chi connectivity index (χ1v) is 14.9. The van der Waals surface area contributed by atoms with Crippen molar-refractivity contribution >= 4 is 23.3 Å². The highest BCUT2D eigenvalue weighted by Gasteiger charge is 2.49. The van der Waals surface area contributed by atoms with Gasteiger partial charge in [0.05, 0.1) is 11.6 Å². The second kappa shape index (κ2) is 13.7. The molecule has 0 bridgehead atoms. The van der Waals surface area contributed by atoms with E-state index in [2.05, 4.69) is 20.3 Å². The fourth-order valence-corrected chi connectivity index (χ4v) is 5.86. The van der Waals surface area contributed by atoms with E-state index in [4.69, 9.17) is 0 Å². The van der Waals surface area contributed by atoms with Gasteiger partial charge in [-0.15, -0.1) is 0 Å². The van der Waals surface area contributed by atoms with Crippen LogP contribution in [0.15, 0.2) is 79.3 Å². The number of anilines is 1. The Hall–Kier alpha value is -4.92. The van der Waals surface area contributed by atoms with Gasteiger partial charge >= 0.3 is 12.4 Å². The standard InChI is InChI=1S/C33H30F6N6O3/c1-21-27(41-20-42-29(21)33(37,38)39)24-9-5-6-11-31(24,30(48)28(47)23-7-3-2-4-8-23)43-25-17-22(10-12-40-25)19-44-13-15-45(16-14-44)26(46)18-32(34,35)36/h2-12,17,20,24H,13-16,18-19H2,1H3,(H,40,43). The van der Waals surface area contributed by atoms with Crippen molar-refractivity contribution in [1.82, 2.24) is 24.8 Å². The highest BCUT2D eigenvalue weighted by atomic mass is 19.4. The number of pyridine rings is 1. The number of carbonyl (C=O) groups is 3. The fraction of sp³-hybridized carbons (Fsp3) is 0.333. The summed E-state index contributed by atoms with van der Waals surface area (Å²) in [4.78, 5) is 54.9. The molecule has 3 heterocycles. The molecule has 2 unspecified atom stereocenters. The molecular formula is C33H30F6N6O3. The number of benzene rings is 1. The lowest BCUT2D eigenvalue weighted by Gasteiger charge is -2.38. The summed E-state index contributed by atoms with van der Waals surface area (Å²) >= 11 is 0. The van der Waals surface area contributed by atoms with E-state index in [1.165, 1.54) is 48.4 Å². The van der Waals surface area contributed by atoms with Gasteiger partial charge in [0.15, 0.2) is 5.69 Å². The number of nitrogens with one attached hydrogen (secondary N) is 1. The third-order valence-corrected chi connectivity index (χ3v) is 8.21. The van der Waals surface area contributed by atoms with Gasteiger partial charge in [-0.2, -0.15) is 26.3 Å². The van der Waals surface area contributed by atoms with Gasteiger partial charge in [0.1, 0.15) is 24.1 Å². The van der Waals surface area contributed by atoms with Crippen LogP contribution in [0, 0.1) is 6.92 Å². The molecule has 2 aromatic heterocycles. The van der Waals surface area contributed by atoms with E-state index in [0.29, 0.717) is 25.2 Å². The second-order valence-electron chi connectivity index (χ2n) is 11.5. The van der Waals surface area contributed by atoms with Gasteiger partial charge in [0, 0.05) is 50.0 Å². The van der Waals surface area contributed by atoms with E-state index >= 15 is 0 Å². The monoisotopic (exact) mass is 672 g/mol. The largest absolute Gasteiger partial charge is 0.433 e. The molecule has 48 heavy (non-hydrogen) atoms. The number of halogens is 6. The van der Waals surface area contributed by atoms with E-state index in [1.807, 2.05) is 4.90 Å². The number of allylic oxidation sites excluding steroid dienone is 2. The zero-order valence-corrected chi connectivity index (χ0v) is 25.6. The molecule has 1 amide bonds. The molecule has 252 valence electrons. The summed E-state index contributed by atoms with van der Waals surface area (Å²) in [6.07, 6.45) is -2.75. The minimum Gasteiger partial charge on any atom is -0.353 e. The highest BCUT2D eigenvalue weighted by Crippen LogP contribution is 2.41. The van der Waals surface area contributed by atoms with E-state index in [0.717, 1.165) is 6.33 Å². The van der Waals surface area contributed by atoms with Gasteiger partial charge < -0.3 is 10.2 Å². The lowest BCUT2D eigenvalue weighted by molar-refractivity contribution is -0.162. The van der Waals surface area contributed by atoms with Crippen molar-refractivity contribution in [2.45, 2.75) is 43.7 Å². The summed E-state index contributed by atoms with van der Waals surface area (Å²) in [6.45, 7) is 2.37. The molecule has 0 radical (unpaired) electrons. The average molecular weight is 673 g/mol. The van der Waals surface area contributed by atoms with E-state index in [-0.39, 0.29) is 35.7 Å². The maximum atomic E-state index is 14.3. The molecule has 5 rings (SSSR count). The van der Waals surface area contributed by atoms with Crippen LogP contribution in [-0.4, -0.2) is 80.1 Å². The summed E-state index contributed by atoms with van der Waals surface area (Å²) in [5, 5.41) is 3.06. The smallest absolute Gasteiger partial charge is 0.353 e. The van der Waals surface area contributed by atoms with Crippen molar-refractivity contribution in [2.75, 3.05) is 31.5 Å². The molecule has 0 saturated carbocycles. The average Bonchev–Trinajstić information content (AvgIpc) is 3.04. The molecule has 1 aliphatic heterocycles. The highest BCUT2D eigenvalue weighted by molar-refractivity contribution is 6.47. The Bertz CT molecular complexity index is 1740. The number of ketones is 2. The number of carbonyl (C=O) groups excluding carboxylic acids is 3. The topological polar surface area (TPSA) is 108 Å². The molecule has 1 N–H and O–H groups in total. The Morgan fingerprint density at radius 1 is 0.938 bits per heavy atom. The third-order valence-electron chi connectivity index (χ3n) is 8.21. The molecule has 1 fully saturated rings. The fourth-order valence-electron chi connectivity index (χ4n) is 5.86. The van der Waals surface area contributed by atoms with Crippen molar-refractivity contribution < 1.29 is 40.7 Å². The van der Waals surface area contributed by atoms with Gasteiger partial charge in [-0.3, -0.25) is 19.3 Å². The number of nitrogens with zero attached hydrogens (tertiary/aromatic N) is 5. The predicted octanol–water partition coefficient (Wildman–Crippen LogP) is 5.31. The number of hydrogen-bond donors (Lipinski definition) is 1. The molecule has 2 atom stereocenters. The molecule has 15 heteroatoms. The zero-order chi connectivity index (χ0) is 34.7. The van der Waals surface area contributed by atoms with Crippen LogP contribution in [0.5, 0.6) is 0 Å². The Labute approximate surface area is 271 Å². The molecular weight excluding hydrogens is 642 g/mol. The van der Waals surface area contributed by atoms with Crippen molar-refractivity contribution in [3.05, 3.63) is 107 Å². The maximum absolute atomic E-state index is 14.3. The van der Waals surface area contributed by atoms with Crippen LogP contribution >= 0.6 is 0 Å². The predicted molar refractivity (Wildman–Crippen MR) is 162 cm³/mol. The minimum atomic E-state index is -4.80. The van der Waals surface area contributed by atoms with Crippen LogP contribution in [0.25, 0.3) is 0 Å². The van der Waals surface area contributed by atoms with E-state index < -0.39 is 53.4 Å². The molecule has 1 aliphatic carbocycles. The molecule has 1 aromatic carbocycles. The number of rotatable bonds is 9. The minimum absolute atomic E-state index is 0.0790. The van der Waals surface area contributed by atoms with Crippen LogP contribution in [0.2, 0.25) is 0 Å². The van der Waals surface area contributed by atoms with Crippen molar-refractivity contribution in [3.8, 4) is 0 Å². The maximum Gasteiger partial charge on any atom is 0.433 e. The molecule has 1 saturated heterocycles. The molecule has 9 nitrogen and oxygen atoms in total. The summed E-state index contributed by atoms with van der Waals surface area (Å²) in [7, 11) is 0. The van der Waals surface area contributed by atoms with Gasteiger partial charge in [-0.05, 0) is 24.6 Å². The van der Waals surface area contributed by atoms with Gasteiger partial charge in [-0.25, -0.2) is 15.0 Å². The van der Waals surface area contributed by atoms with Gasteiger partial charge in [0.25, 0.3) is 0 Å². The lowest BCUT2D eigenvalue weighted by atomic mass is 9.72. The summed E-state index contributed by atoms with van der Waals surface area (Å²) in [5.74, 6) is -3.89. The Balaban J connectivity index is 1.45. The lowest BCUT2D eigenvalue weighted by Crippen LogP contribution is -2.53. The molecule has 3 aromatic rings. The van der Waals surface area contributed by atoms with Crippen LogP contribution in [0.3, 0.4) is 0 Å². The normalized spacial score (nSPS) is 20.1. The first-order chi connectivity index (χ1) is 22.7. The Kier molecular flexibility index (Phi) is 9.80. The number of hydrogen-bond acceptors (Lipinski definition) is 8. The second-order valence-corrected chi connectivity index (χ2v) is 11.5. The quantitative estimate of drug-likeness (QED) is 0.185. The number of amides is 1. The molecule has 2 aliphatic rings. The van der Waals surface area contributed by atoms with Crippen molar-refractivity contribution in [2.24, 2.45) is 0 Å². The van der Waals surface area contributed by atoms with Crippen LogP contribution in [-0.2, 0) is 22.3 Å². The number of piperazine rings is 1. The number of Topliss-reactive ketones (excluding diaryl/α,β-unsaturated/α-hetero) is 2. The van der Waals surface area contributed by atoms with E-state index in [9.17, 15) is 40.7 Å². The summed E-state index contributed by atoms with van der Waals surface area (Å²) < 4.78 is 79.6. The van der Waals surface area contributed by atoms with Crippen molar-refractivity contribution in [1.29, 1.82) is 0 Å².